The maximum atomic E-state index is 13.2. The Morgan fingerprint density at radius 2 is 1.61 bits per heavy atom. The summed E-state index contributed by atoms with van der Waals surface area (Å²) in [7, 11) is 0. The number of esters is 1. The molecule has 0 aromatic heterocycles. The third-order valence-corrected chi connectivity index (χ3v) is 5.86. The van der Waals surface area contributed by atoms with Crippen LogP contribution in [0.1, 0.15) is 37.3 Å². The van der Waals surface area contributed by atoms with E-state index < -0.39 is 42.4 Å². The summed E-state index contributed by atoms with van der Waals surface area (Å²) in [4.78, 5) is 63.3. The SMILES string of the molecule is CC(=O)OCC(=O)[C@@H](CCc1ccccc1)NC(=O)[C@@H]1CC(=O)CCN1C(=O)OCc1ccccc1. The second-order valence-electron chi connectivity index (χ2n) is 8.57. The van der Waals surface area contributed by atoms with E-state index in [1.807, 2.05) is 60.7 Å². The Kier molecular flexibility index (Phi) is 9.73. The number of nitrogens with zero attached hydrogens (tertiary/aromatic N) is 1. The number of rotatable bonds is 10. The van der Waals surface area contributed by atoms with Crippen LogP contribution in [0.5, 0.6) is 0 Å². The van der Waals surface area contributed by atoms with Gasteiger partial charge in [-0.1, -0.05) is 60.7 Å². The van der Waals surface area contributed by atoms with Gasteiger partial charge in [0.25, 0.3) is 0 Å². The minimum absolute atomic E-state index is 0.0268. The summed E-state index contributed by atoms with van der Waals surface area (Å²) in [5.74, 6) is -1.88. The van der Waals surface area contributed by atoms with Crippen molar-refractivity contribution in [3.63, 3.8) is 0 Å². The van der Waals surface area contributed by atoms with Crippen LogP contribution in [0.25, 0.3) is 0 Å². The second kappa shape index (κ2) is 13.2. The molecular formula is C27H30N2O7. The first-order valence-corrected chi connectivity index (χ1v) is 11.8. The van der Waals surface area contributed by atoms with Gasteiger partial charge in [-0.2, -0.15) is 0 Å². The maximum absolute atomic E-state index is 13.2. The molecule has 1 fully saturated rings. The molecule has 2 atom stereocenters. The molecule has 3 rings (SSSR count). The van der Waals surface area contributed by atoms with Crippen LogP contribution in [-0.2, 0) is 41.7 Å². The maximum Gasteiger partial charge on any atom is 0.410 e. The fourth-order valence-corrected chi connectivity index (χ4v) is 3.89. The smallest absolute Gasteiger partial charge is 0.410 e. The third-order valence-electron chi connectivity index (χ3n) is 5.86. The highest BCUT2D eigenvalue weighted by Gasteiger charge is 2.38. The zero-order chi connectivity index (χ0) is 25.9. The monoisotopic (exact) mass is 494 g/mol. The van der Waals surface area contributed by atoms with E-state index in [2.05, 4.69) is 5.32 Å². The molecule has 1 aliphatic heterocycles. The fourth-order valence-electron chi connectivity index (χ4n) is 3.89. The number of amides is 2. The topological polar surface area (TPSA) is 119 Å². The number of ketones is 2. The fraction of sp³-hybridized carbons (Fsp3) is 0.370. The number of carbonyl (C=O) groups is 5. The number of Topliss-reactive ketones (excluding diaryl/α,β-unsaturated/α-hetero) is 2. The van der Waals surface area contributed by atoms with Gasteiger partial charge in [0.2, 0.25) is 5.91 Å². The Morgan fingerprint density at radius 1 is 0.972 bits per heavy atom. The predicted octanol–water partition coefficient (Wildman–Crippen LogP) is 2.61. The standard InChI is InChI=1S/C27H30N2O7/c1-19(30)35-18-25(32)23(13-12-20-8-4-2-5-9-20)28-26(33)24-16-22(31)14-15-29(24)27(34)36-17-21-10-6-3-7-11-21/h2-11,23-24H,12-18H2,1H3,(H,28,33)/t23-,24+/m1/s1. The quantitative estimate of drug-likeness (QED) is 0.504. The molecule has 1 N–H and O–H groups in total. The van der Waals surface area contributed by atoms with Crippen molar-refractivity contribution in [2.24, 2.45) is 0 Å². The molecular weight excluding hydrogens is 464 g/mol. The van der Waals surface area contributed by atoms with Gasteiger partial charge in [-0.25, -0.2) is 4.79 Å². The lowest BCUT2D eigenvalue weighted by Crippen LogP contribution is -2.56. The van der Waals surface area contributed by atoms with E-state index >= 15 is 0 Å². The molecule has 1 heterocycles. The summed E-state index contributed by atoms with van der Waals surface area (Å²) in [6.07, 6.45) is -0.0134. The molecule has 1 saturated heterocycles. The number of aryl methyl sites for hydroxylation is 1. The number of hydrogen-bond acceptors (Lipinski definition) is 7. The zero-order valence-electron chi connectivity index (χ0n) is 20.2. The van der Waals surface area contributed by atoms with Gasteiger partial charge >= 0.3 is 12.1 Å². The van der Waals surface area contributed by atoms with Crippen molar-refractivity contribution in [2.45, 2.75) is 51.3 Å². The predicted molar refractivity (Wildman–Crippen MR) is 130 cm³/mol. The van der Waals surface area contributed by atoms with Crippen molar-refractivity contribution in [2.75, 3.05) is 13.2 Å². The number of benzene rings is 2. The van der Waals surface area contributed by atoms with Crippen molar-refractivity contribution in [3.05, 3.63) is 71.8 Å². The van der Waals surface area contributed by atoms with Gasteiger partial charge in [0.15, 0.2) is 12.4 Å². The number of carbonyl (C=O) groups excluding carboxylic acids is 5. The van der Waals surface area contributed by atoms with Gasteiger partial charge in [-0.15, -0.1) is 0 Å². The molecule has 1 aliphatic rings. The molecule has 190 valence electrons. The molecule has 0 unspecified atom stereocenters. The van der Waals surface area contributed by atoms with E-state index in [1.165, 1.54) is 11.8 Å². The van der Waals surface area contributed by atoms with E-state index in [0.717, 1.165) is 11.1 Å². The van der Waals surface area contributed by atoms with Crippen LogP contribution in [0.2, 0.25) is 0 Å². The van der Waals surface area contributed by atoms with Crippen LogP contribution < -0.4 is 5.32 Å². The molecule has 2 aromatic carbocycles. The van der Waals surface area contributed by atoms with Gasteiger partial charge in [-0.3, -0.25) is 24.1 Å². The largest absolute Gasteiger partial charge is 0.458 e. The first-order valence-electron chi connectivity index (χ1n) is 11.8. The number of likely N-dealkylation sites (tertiary alicyclic amines) is 1. The lowest BCUT2D eigenvalue weighted by atomic mass is 9.98. The number of piperidine rings is 1. The van der Waals surface area contributed by atoms with Crippen molar-refractivity contribution in [1.82, 2.24) is 10.2 Å². The summed E-state index contributed by atoms with van der Waals surface area (Å²) in [6, 6.07) is 16.5. The second-order valence-corrected chi connectivity index (χ2v) is 8.57. The average molecular weight is 495 g/mol. The molecule has 0 aliphatic carbocycles. The van der Waals surface area contributed by atoms with Crippen LogP contribution in [0, 0.1) is 0 Å². The Hall–Kier alpha value is -4.01. The molecule has 0 bridgehead atoms. The lowest BCUT2D eigenvalue weighted by molar-refractivity contribution is -0.146. The molecule has 9 heteroatoms. The van der Waals surface area contributed by atoms with Gasteiger partial charge < -0.3 is 14.8 Å². The first-order chi connectivity index (χ1) is 17.3. The minimum atomic E-state index is -1.10. The van der Waals surface area contributed by atoms with Crippen LogP contribution in [0.4, 0.5) is 4.79 Å². The highest BCUT2D eigenvalue weighted by Crippen LogP contribution is 2.18. The number of ether oxygens (including phenoxy) is 2. The highest BCUT2D eigenvalue weighted by atomic mass is 16.6. The lowest BCUT2D eigenvalue weighted by Gasteiger charge is -2.34. The van der Waals surface area contributed by atoms with Crippen LogP contribution in [0.15, 0.2) is 60.7 Å². The summed E-state index contributed by atoms with van der Waals surface area (Å²) >= 11 is 0. The molecule has 2 amide bonds. The Bertz CT molecular complexity index is 1070. The van der Waals surface area contributed by atoms with Gasteiger partial charge in [0, 0.05) is 26.3 Å². The molecule has 0 saturated carbocycles. The molecule has 2 aromatic rings. The normalized spacial score (nSPS) is 16.1. The molecule has 36 heavy (non-hydrogen) atoms. The van der Waals surface area contributed by atoms with Crippen molar-refractivity contribution in [1.29, 1.82) is 0 Å². The van der Waals surface area contributed by atoms with E-state index in [-0.39, 0.29) is 38.2 Å². The third kappa shape index (κ3) is 8.04. The summed E-state index contributed by atoms with van der Waals surface area (Å²) < 4.78 is 10.2. The van der Waals surface area contributed by atoms with Gasteiger partial charge in [0.05, 0.1) is 6.04 Å². The Labute approximate surface area is 209 Å². The van der Waals surface area contributed by atoms with Crippen LogP contribution in [-0.4, -0.2) is 59.7 Å². The number of hydrogen-bond donors (Lipinski definition) is 1. The van der Waals surface area contributed by atoms with E-state index in [1.54, 1.807) is 0 Å². The summed E-state index contributed by atoms with van der Waals surface area (Å²) in [6.45, 7) is 0.776. The average Bonchev–Trinajstić information content (AvgIpc) is 2.89. The molecule has 9 nitrogen and oxygen atoms in total. The zero-order valence-corrected chi connectivity index (χ0v) is 20.2. The van der Waals surface area contributed by atoms with Crippen molar-refractivity contribution < 1.29 is 33.4 Å². The van der Waals surface area contributed by atoms with Crippen molar-refractivity contribution in [3.8, 4) is 0 Å². The molecule has 0 radical (unpaired) electrons. The van der Waals surface area contributed by atoms with Gasteiger partial charge in [-0.05, 0) is 24.0 Å². The van der Waals surface area contributed by atoms with Crippen LogP contribution in [0.3, 0.4) is 0 Å². The highest BCUT2D eigenvalue weighted by molar-refractivity contribution is 5.96. The van der Waals surface area contributed by atoms with Crippen molar-refractivity contribution >= 4 is 29.5 Å². The van der Waals surface area contributed by atoms with E-state index in [9.17, 15) is 24.0 Å². The first kappa shape index (κ1) is 26.6. The minimum Gasteiger partial charge on any atom is -0.458 e. The Morgan fingerprint density at radius 3 is 2.25 bits per heavy atom. The molecule has 0 spiro atoms. The van der Waals surface area contributed by atoms with Crippen LogP contribution >= 0.6 is 0 Å². The van der Waals surface area contributed by atoms with E-state index in [4.69, 9.17) is 9.47 Å². The summed E-state index contributed by atoms with van der Waals surface area (Å²) in [5, 5.41) is 2.68. The Balaban J connectivity index is 1.68. The van der Waals surface area contributed by atoms with E-state index in [0.29, 0.717) is 6.42 Å². The number of nitrogens with one attached hydrogen (secondary N) is 1. The summed E-state index contributed by atoms with van der Waals surface area (Å²) in [5.41, 5.74) is 1.76. The van der Waals surface area contributed by atoms with Gasteiger partial charge in [0.1, 0.15) is 18.4 Å².